The lowest BCUT2D eigenvalue weighted by molar-refractivity contribution is -0.121. The van der Waals surface area contributed by atoms with E-state index in [1.54, 1.807) is 0 Å². The molecule has 0 aromatic heterocycles. The standard InChI is InChI=1S/C30H32N6O/c31-21-34-30(32)36(25-12-13-27-24(19-25)18-23-10-4-5-11-26(23)27)28(22-8-2-1-3-9-22)20-29(37)33-14-17-35-15-6-7-16-35/h1-5,8-13,19,28H,6-7,14-18,20H2,(H2,32,34)(H,33,37). The molecule has 0 spiro atoms. The molecular formula is C30H32N6O. The first kappa shape index (κ1) is 24.5. The van der Waals surface area contributed by atoms with E-state index in [1.165, 1.54) is 35.1 Å². The number of likely N-dealkylation sites (tertiary alicyclic amines) is 1. The highest BCUT2D eigenvalue weighted by atomic mass is 16.1. The Labute approximate surface area is 218 Å². The first-order chi connectivity index (χ1) is 18.1. The van der Waals surface area contributed by atoms with Gasteiger partial charge >= 0.3 is 0 Å². The number of hydrogen-bond donors (Lipinski definition) is 2. The predicted octanol–water partition coefficient (Wildman–Crippen LogP) is 4.20. The van der Waals surface area contributed by atoms with Crippen LogP contribution in [0.3, 0.4) is 0 Å². The molecule has 7 heteroatoms. The largest absolute Gasteiger partial charge is 0.369 e. The van der Waals surface area contributed by atoms with Gasteiger partial charge in [-0.1, -0.05) is 60.7 Å². The highest BCUT2D eigenvalue weighted by Gasteiger charge is 2.28. The summed E-state index contributed by atoms with van der Waals surface area (Å²) in [5.41, 5.74) is 13.1. The summed E-state index contributed by atoms with van der Waals surface area (Å²) in [4.78, 5) is 21.2. The number of hydrogen-bond acceptors (Lipinski definition) is 4. The highest BCUT2D eigenvalue weighted by molar-refractivity contribution is 5.97. The van der Waals surface area contributed by atoms with Crippen molar-refractivity contribution in [1.29, 1.82) is 5.26 Å². The zero-order valence-corrected chi connectivity index (χ0v) is 20.9. The van der Waals surface area contributed by atoms with Gasteiger partial charge in [0.1, 0.15) is 0 Å². The van der Waals surface area contributed by atoms with Crippen molar-refractivity contribution in [2.24, 2.45) is 10.7 Å². The molecule has 1 fully saturated rings. The summed E-state index contributed by atoms with van der Waals surface area (Å²) in [6, 6.07) is 24.0. The van der Waals surface area contributed by atoms with E-state index in [0.717, 1.165) is 37.3 Å². The maximum Gasteiger partial charge on any atom is 0.222 e. The summed E-state index contributed by atoms with van der Waals surface area (Å²) in [6.45, 7) is 3.66. The van der Waals surface area contributed by atoms with E-state index in [0.29, 0.717) is 6.54 Å². The topological polar surface area (TPSA) is 97.7 Å². The van der Waals surface area contributed by atoms with Gasteiger partial charge in [0.05, 0.1) is 12.5 Å². The van der Waals surface area contributed by atoms with Crippen molar-refractivity contribution in [3.8, 4) is 17.3 Å². The van der Waals surface area contributed by atoms with E-state index in [2.05, 4.69) is 51.6 Å². The number of guanidine groups is 1. The van der Waals surface area contributed by atoms with Gasteiger partial charge in [0.15, 0.2) is 0 Å². The Bertz CT molecular complexity index is 1320. The Kier molecular flexibility index (Phi) is 7.48. The van der Waals surface area contributed by atoms with E-state index >= 15 is 0 Å². The van der Waals surface area contributed by atoms with Crippen LogP contribution in [0.2, 0.25) is 0 Å². The van der Waals surface area contributed by atoms with Gasteiger partial charge in [-0.05, 0) is 72.3 Å². The molecule has 188 valence electrons. The lowest BCUT2D eigenvalue weighted by Gasteiger charge is -2.33. The second-order valence-corrected chi connectivity index (χ2v) is 9.64. The summed E-state index contributed by atoms with van der Waals surface area (Å²) >= 11 is 0. The number of benzene rings is 3. The Morgan fingerprint density at radius 2 is 1.76 bits per heavy atom. The van der Waals surface area contributed by atoms with Gasteiger partial charge < -0.3 is 20.9 Å². The van der Waals surface area contributed by atoms with E-state index < -0.39 is 6.04 Å². The zero-order chi connectivity index (χ0) is 25.6. The van der Waals surface area contributed by atoms with Crippen LogP contribution < -0.4 is 16.0 Å². The number of amides is 1. The summed E-state index contributed by atoms with van der Waals surface area (Å²) in [5, 5.41) is 12.4. The lowest BCUT2D eigenvalue weighted by Crippen LogP contribution is -2.43. The van der Waals surface area contributed by atoms with Crippen LogP contribution in [0, 0.1) is 11.5 Å². The molecule has 7 nitrogen and oxygen atoms in total. The highest BCUT2D eigenvalue weighted by Crippen LogP contribution is 2.40. The number of nitriles is 1. The molecule has 0 saturated carbocycles. The minimum atomic E-state index is -0.424. The Morgan fingerprint density at radius 1 is 1.03 bits per heavy atom. The normalized spacial score (nSPS) is 15.5. The Morgan fingerprint density at radius 3 is 2.54 bits per heavy atom. The van der Waals surface area contributed by atoms with Crippen LogP contribution >= 0.6 is 0 Å². The van der Waals surface area contributed by atoms with Crippen molar-refractivity contribution >= 4 is 17.6 Å². The van der Waals surface area contributed by atoms with E-state index in [4.69, 9.17) is 5.73 Å². The smallest absolute Gasteiger partial charge is 0.222 e. The molecule has 1 unspecified atom stereocenters. The fourth-order valence-electron chi connectivity index (χ4n) is 5.50. The molecule has 0 bridgehead atoms. The molecule has 3 aromatic carbocycles. The number of rotatable bonds is 8. The molecule has 1 atom stereocenters. The molecule has 2 aliphatic rings. The zero-order valence-electron chi connectivity index (χ0n) is 20.9. The van der Waals surface area contributed by atoms with Gasteiger partial charge in [-0.3, -0.25) is 4.79 Å². The van der Waals surface area contributed by atoms with Crippen LogP contribution in [0.4, 0.5) is 5.69 Å². The third-order valence-electron chi connectivity index (χ3n) is 7.29. The third kappa shape index (κ3) is 5.50. The molecule has 1 aliphatic carbocycles. The molecule has 3 N–H and O–H groups in total. The summed E-state index contributed by atoms with van der Waals surface area (Å²) in [5.74, 6) is 0.00746. The Balaban J connectivity index is 1.44. The number of nitrogens with two attached hydrogens (primary N) is 1. The molecular weight excluding hydrogens is 460 g/mol. The lowest BCUT2D eigenvalue weighted by atomic mass is 9.99. The van der Waals surface area contributed by atoms with Crippen LogP contribution in [0.15, 0.2) is 77.8 Å². The Hall–Kier alpha value is -4.15. The molecule has 1 aliphatic heterocycles. The molecule has 3 aromatic rings. The summed E-state index contributed by atoms with van der Waals surface area (Å²) in [6.07, 6.45) is 5.29. The van der Waals surface area contributed by atoms with E-state index in [1.807, 2.05) is 47.5 Å². The van der Waals surface area contributed by atoms with E-state index in [9.17, 15) is 10.1 Å². The first-order valence-corrected chi connectivity index (χ1v) is 12.9. The molecule has 1 heterocycles. The fraction of sp³-hybridized carbons (Fsp3) is 0.300. The van der Waals surface area contributed by atoms with Crippen molar-refractivity contribution in [2.45, 2.75) is 31.7 Å². The van der Waals surface area contributed by atoms with Gasteiger partial charge in [0.2, 0.25) is 18.1 Å². The van der Waals surface area contributed by atoms with Crippen LogP contribution in [0.25, 0.3) is 11.1 Å². The van der Waals surface area contributed by atoms with Gasteiger partial charge in [-0.2, -0.15) is 5.26 Å². The summed E-state index contributed by atoms with van der Waals surface area (Å²) < 4.78 is 0. The predicted molar refractivity (Wildman–Crippen MR) is 147 cm³/mol. The van der Waals surface area contributed by atoms with Crippen LogP contribution in [0.5, 0.6) is 0 Å². The fourth-order valence-corrected chi connectivity index (χ4v) is 5.50. The molecule has 0 radical (unpaired) electrons. The van der Waals surface area contributed by atoms with Crippen molar-refractivity contribution < 1.29 is 4.79 Å². The number of nitrogens with zero attached hydrogens (tertiary/aromatic N) is 4. The minimum Gasteiger partial charge on any atom is -0.369 e. The first-order valence-electron chi connectivity index (χ1n) is 12.9. The summed E-state index contributed by atoms with van der Waals surface area (Å²) in [7, 11) is 0. The average Bonchev–Trinajstić information content (AvgIpc) is 3.56. The second-order valence-electron chi connectivity index (χ2n) is 9.64. The quantitative estimate of drug-likeness (QED) is 0.218. The molecule has 37 heavy (non-hydrogen) atoms. The van der Waals surface area contributed by atoms with Crippen molar-refractivity contribution in [3.05, 3.63) is 89.5 Å². The SMILES string of the molecule is N#CN=C(N)N(c1ccc2c(c1)Cc1ccccc1-2)C(CC(=O)NCCN1CCCC1)c1ccccc1. The van der Waals surface area contributed by atoms with Crippen molar-refractivity contribution in [3.63, 3.8) is 0 Å². The molecule has 1 saturated heterocycles. The van der Waals surface area contributed by atoms with Gasteiger partial charge in [-0.25, -0.2) is 0 Å². The minimum absolute atomic E-state index is 0.0589. The number of nitrogens with one attached hydrogen (secondary N) is 1. The third-order valence-corrected chi connectivity index (χ3v) is 7.29. The van der Waals surface area contributed by atoms with Crippen LogP contribution in [-0.4, -0.2) is 42.9 Å². The van der Waals surface area contributed by atoms with Crippen LogP contribution in [0.1, 0.15) is 42.0 Å². The number of carbonyl (C=O) groups excluding carboxylic acids is 1. The maximum absolute atomic E-state index is 13.2. The number of aliphatic imine (C=N–C) groups is 1. The van der Waals surface area contributed by atoms with Crippen molar-refractivity contribution in [1.82, 2.24) is 10.2 Å². The number of fused-ring (bicyclic) bond motifs is 3. The number of anilines is 1. The van der Waals surface area contributed by atoms with Crippen molar-refractivity contribution in [2.75, 3.05) is 31.1 Å². The number of carbonyl (C=O) groups is 1. The second kappa shape index (κ2) is 11.3. The monoisotopic (exact) mass is 492 g/mol. The average molecular weight is 493 g/mol. The van der Waals surface area contributed by atoms with Gasteiger partial charge in [0.25, 0.3) is 0 Å². The van der Waals surface area contributed by atoms with E-state index in [-0.39, 0.29) is 18.3 Å². The molecule has 1 amide bonds. The van der Waals surface area contributed by atoms with Gasteiger partial charge in [-0.15, -0.1) is 4.99 Å². The van der Waals surface area contributed by atoms with Gasteiger partial charge in [0, 0.05) is 18.8 Å². The van der Waals surface area contributed by atoms with Crippen LogP contribution in [-0.2, 0) is 11.2 Å². The molecule has 5 rings (SSSR count). The maximum atomic E-state index is 13.2.